The van der Waals surface area contributed by atoms with Crippen LogP contribution >= 0.6 is 0 Å². The fourth-order valence-corrected chi connectivity index (χ4v) is 3.10. The zero-order valence-corrected chi connectivity index (χ0v) is 12.3. The summed E-state index contributed by atoms with van der Waals surface area (Å²) in [7, 11) is 0. The number of hydrogen-bond acceptors (Lipinski definition) is 2. The largest absolute Gasteiger partial charge is 0.316 e. The van der Waals surface area contributed by atoms with E-state index in [0.717, 1.165) is 37.9 Å². The lowest BCUT2D eigenvalue weighted by molar-refractivity contribution is 0.0740. The van der Waals surface area contributed by atoms with Gasteiger partial charge in [-0.15, -0.1) is 0 Å². The van der Waals surface area contributed by atoms with Crippen LogP contribution in [0, 0.1) is 11.3 Å². The van der Waals surface area contributed by atoms with Crippen LogP contribution in [0.2, 0.25) is 0 Å². The molecule has 1 heterocycles. The number of rotatable bonds is 5. The maximum atomic E-state index is 12.9. The Morgan fingerprint density at radius 3 is 2.79 bits per heavy atom. The quantitative estimate of drug-likeness (QED) is 0.821. The first kappa shape index (κ1) is 14.3. The second-order valence-corrected chi connectivity index (χ2v) is 6.02. The average molecular weight is 259 g/mol. The molecule has 1 aliphatic rings. The average Bonchev–Trinajstić information content (AvgIpc) is 2.89. The van der Waals surface area contributed by atoms with Gasteiger partial charge in [-0.3, -0.25) is 4.79 Å². The second kappa shape index (κ2) is 5.87. The van der Waals surface area contributed by atoms with Crippen LogP contribution in [0.25, 0.3) is 0 Å². The molecule has 1 N–H and O–H groups in total. The molecule has 1 aliphatic heterocycles. The van der Waals surface area contributed by atoms with Gasteiger partial charge in [0.05, 0.1) is 0 Å². The zero-order valence-electron chi connectivity index (χ0n) is 12.3. The maximum absolute atomic E-state index is 12.9. The normalized spacial score (nSPS) is 22.9. The van der Waals surface area contributed by atoms with Gasteiger partial charge in [-0.2, -0.15) is 0 Å². The van der Waals surface area contributed by atoms with Gasteiger partial charge in [-0.25, -0.2) is 0 Å². The second-order valence-electron chi connectivity index (χ2n) is 6.02. The molecule has 0 saturated carbocycles. The highest BCUT2D eigenvalue weighted by atomic mass is 16.1. The Kier molecular flexibility index (Phi) is 4.41. The molecule has 1 aromatic rings. The molecule has 1 aromatic carbocycles. The third-order valence-corrected chi connectivity index (χ3v) is 4.47. The van der Waals surface area contributed by atoms with Crippen LogP contribution in [0.5, 0.6) is 0 Å². The molecule has 0 aliphatic carbocycles. The molecular formula is C17H25NO. The first-order valence-electron chi connectivity index (χ1n) is 7.44. The Hall–Kier alpha value is -1.15. The monoisotopic (exact) mass is 259 g/mol. The van der Waals surface area contributed by atoms with E-state index >= 15 is 0 Å². The van der Waals surface area contributed by atoms with Crippen molar-refractivity contribution in [1.82, 2.24) is 5.32 Å². The molecule has 104 valence electrons. The van der Waals surface area contributed by atoms with Crippen molar-refractivity contribution >= 4 is 5.78 Å². The number of nitrogens with one attached hydrogen (secondary N) is 1. The van der Waals surface area contributed by atoms with Crippen LogP contribution < -0.4 is 5.32 Å². The number of aryl methyl sites for hydroxylation is 1. The minimum atomic E-state index is -0.204. The topological polar surface area (TPSA) is 29.1 Å². The fraction of sp³-hybridized carbons (Fsp3) is 0.588. The van der Waals surface area contributed by atoms with Gasteiger partial charge in [-0.05, 0) is 36.9 Å². The first-order chi connectivity index (χ1) is 9.10. The Bertz CT molecular complexity index is 444. The molecule has 2 rings (SSSR count). The van der Waals surface area contributed by atoms with Crippen molar-refractivity contribution in [3.8, 4) is 0 Å². The Labute approximate surface area is 116 Å². The van der Waals surface area contributed by atoms with Crippen LogP contribution in [0.3, 0.4) is 0 Å². The number of hydrogen-bond donors (Lipinski definition) is 1. The molecule has 19 heavy (non-hydrogen) atoms. The van der Waals surface area contributed by atoms with E-state index < -0.39 is 0 Å². The molecule has 1 unspecified atom stereocenters. The first-order valence-corrected chi connectivity index (χ1v) is 7.44. The van der Waals surface area contributed by atoms with Gasteiger partial charge in [0, 0.05) is 17.5 Å². The van der Waals surface area contributed by atoms with E-state index in [-0.39, 0.29) is 5.41 Å². The SMILES string of the molecule is CCCc1cccc(C(=O)C2(C(C)C)CCNC2)c1. The highest BCUT2D eigenvalue weighted by molar-refractivity contribution is 6.01. The van der Waals surface area contributed by atoms with Crippen molar-refractivity contribution < 1.29 is 4.79 Å². The summed E-state index contributed by atoms with van der Waals surface area (Å²) in [6, 6.07) is 8.21. The lowest BCUT2D eigenvalue weighted by Crippen LogP contribution is -2.38. The summed E-state index contributed by atoms with van der Waals surface area (Å²) in [6.45, 7) is 8.28. The van der Waals surface area contributed by atoms with Crippen molar-refractivity contribution in [1.29, 1.82) is 0 Å². The van der Waals surface area contributed by atoms with E-state index in [9.17, 15) is 4.79 Å². The van der Waals surface area contributed by atoms with Gasteiger partial charge in [-0.1, -0.05) is 45.4 Å². The van der Waals surface area contributed by atoms with E-state index in [0.29, 0.717) is 11.7 Å². The van der Waals surface area contributed by atoms with Crippen molar-refractivity contribution in [2.24, 2.45) is 11.3 Å². The van der Waals surface area contributed by atoms with E-state index in [1.54, 1.807) is 0 Å². The molecule has 1 saturated heterocycles. The summed E-state index contributed by atoms with van der Waals surface area (Å²) < 4.78 is 0. The standard InChI is InChI=1S/C17H25NO/c1-4-6-14-7-5-8-15(11-14)16(19)17(13(2)3)9-10-18-12-17/h5,7-8,11,13,18H,4,6,9-10,12H2,1-3H3. The van der Waals surface area contributed by atoms with Gasteiger partial charge in [0.25, 0.3) is 0 Å². The van der Waals surface area contributed by atoms with Crippen molar-refractivity contribution in [2.45, 2.75) is 40.0 Å². The highest BCUT2D eigenvalue weighted by Gasteiger charge is 2.43. The smallest absolute Gasteiger partial charge is 0.170 e. The third kappa shape index (κ3) is 2.74. The van der Waals surface area contributed by atoms with Gasteiger partial charge < -0.3 is 5.32 Å². The van der Waals surface area contributed by atoms with Crippen LogP contribution in [-0.2, 0) is 6.42 Å². The number of Topliss-reactive ketones (excluding diaryl/α,β-unsaturated/α-hetero) is 1. The molecule has 2 heteroatoms. The third-order valence-electron chi connectivity index (χ3n) is 4.47. The van der Waals surface area contributed by atoms with Crippen molar-refractivity contribution in [2.75, 3.05) is 13.1 Å². The summed E-state index contributed by atoms with van der Waals surface area (Å²) >= 11 is 0. The molecular weight excluding hydrogens is 234 g/mol. The lowest BCUT2D eigenvalue weighted by Gasteiger charge is -2.31. The lowest BCUT2D eigenvalue weighted by atomic mass is 9.71. The predicted molar refractivity (Wildman–Crippen MR) is 79.5 cm³/mol. The van der Waals surface area contributed by atoms with Crippen LogP contribution in [-0.4, -0.2) is 18.9 Å². The van der Waals surface area contributed by atoms with E-state index in [2.05, 4.69) is 38.2 Å². The highest BCUT2D eigenvalue weighted by Crippen LogP contribution is 2.37. The predicted octanol–water partition coefficient (Wildman–Crippen LogP) is 3.46. The Morgan fingerprint density at radius 1 is 1.42 bits per heavy atom. The van der Waals surface area contributed by atoms with E-state index in [1.807, 2.05) is 12.1 Å². The summed E-state index contributed by atoms with van der Waals surface area (Å²) in [6.07, 6.45) is 3.13. The van der Waals surface area contributed by atoms with Gasteiger partial charge in [0.1, 0.15) is 0 Å². The number of carbonyl (C=O) groups excluding carboxylic acids is 1. The molecule has 0 bridgehead atoms. The fourth-order valence-electron chi connectivity index (χ4n) is 3.10. The van der Waals surface area contributed by atoms with Crippen molar-refractivity contribution in [3.05, 3.63) is 35.4 Å². The Balaban J connectivity index is 2.29. The van der Waals surface area contributed by atoms with Gasteiger partial charge >= 0.3 is 0 Å². The minimum absolute atomic E-state index is 0.204. The van der Waals surface area contributed by atoms with Crippen LogP contribution in [0.1, 0.15) is 49.5 Å². The van der Waals surface area contributed by atoms with Gasteiger partial charge in [0.2, 0.25) is 0 Å². The zero-order chi connectivity index (χ0) is 13.9. The summed E-state index contributed by atoms with van der Waals surface area (Å²) in [5.74, 6) is 0.704. The number of carbonyl (C=O) groups is 1. The summed E-state index contributed by atoms with van der Waals surface area (Å²) in [5, 5.41) is 3.36. The van der Waals surface area contributed by atoms with Crippen LogP contribution in [0.4, 0.5) is 0 Å². The maximum Gasteiger partial charge on any atom is 0.170 e. The summed E-state index contributed by atoms with van der Waals surface area (Å²) in [4.78, 5) is 12.9. The van der Waals surface area contributed by atoms with Crippen LogP contribution in [0.15, 0.2) is 24.3 Å². The van der Waals surface area contributed by atoms with E-state index in [4.69, 9.17) is 0 Å². The molecule has 0 amide bonds. The molecule has 0 radical (unpaired) electrons. The van der Waals surface area contributed by atoms with E-state index in [1.165, 1.54) is 5.56 Å². The summed E-state index contributed by atoms with van der Waals surface area (Å²) in [5.41, 5.74) is 1.96. The number of ketones is 1. The Morgan fingerprint density at radius 2 is 2.21 bits per heavy atom. The minimum Gasteiger partial charge on any atom is -0.316 e. The molecule has 0 spiro atoms. The van der Waals surface area contributed by atoms with Crippen molar-refractivity contribution in [3.63, 3.8) is 0 Å². The molecule has 2 nitrogen and oxygen atoms in total. The molecule has 1 fully saturated rings. The molecule has 0 aromatic heterocycles. The molecule has 1 atom stereocenters. The van der Waals surface area contributed by atoms with Gasteiger partial charge in [0.15, 0.2) is 5.78 Å². The number of benzene rings is 1.